The van der Waals surface area contributed by atoms with Crippen LogP contribution in [0.4, 0.5) is 4.79 Å². The summed E-state index contributed by atoms with van der Waals surface area (Å²) in [6.07, 6.45) is 40.8. The normalized spacial score (nSPS) is 12.4. The molecular weight excluding hydrogens is 765 g/mol. The van der Waals surface area contributed by atoms with Gasteiger partial charge in [0.1, 0.15) is 13.2 Å². The van der Waals surface area contributed by atoms with Crippen LogP contribution in [0.25, 0.3) is 0 Å². The Labute approximate surface area is 377 Å². The molecule has 0 saturated carbocycles. The summed E-state index contributed by atoms with van der Waals surface area (Å²) in [5.74, 6) is -0.366. The first-order chi connectivity index (χ1) is 29.4. The van der Waals surface area contributed by atoms with Crippen molar-refractivity contribution >= 4 is 18.0 Å². The van der Waals surface area contributed by atoms with Gasteiger partial charge in [0.2, 0.25) is 5.91 Å². The third kappa shape index (κ3) is 43.2. The van der Waals surface area contributed by atoms with Crippen LogP contribution in [-0.2, 0) is 28.5 Å². The third-order valence-electron chi connectivity index (χ3n) is 12.2. The van der Waals surface area contributed by atoms with Gasteiger partial charge in [0.05, 0.1) is 23.9 Å². The van der Waals surface area contributed by atoms with Crippen molar-refractivity contribution in [2.45, 2.75) is 284 Å². The van der Waals surface area contributed by atoms with Crippen LogP contribution >= 0.6 is 0 Å². The fourth-order valence-electron chi connectivity index (χ4n) is 7.67. The Kier molecular flexibility index (Phi) is 40.8. The zero-order valence-electron chi connectivity index (χ0n) is 41.5. The van der Waals surface area contributed by atoms with Gasteiger partial charge in [0.15, 0.2) is 0 Å². The van der Waals surface area contributed by atoms with E-state index in [1.807, 2.05) is 13.8 Å². The summed E-state index contributed by atoms with van der Waals surface area (Å²) in [5, 5.41) is 5.79. The highest BCUT2D eigenvalue weighted by Crippen LogP contribution is 2.20. The van der Waals surface area contributed by atoms with E-state index in [9.17, 15) is 14.4 Å². The fourth-order valence-corrected chi connectivity index (χ4v) is 7.67. The second-order valence-electron chi connectivity index (χ2n) is 19.3. The first-order valence-electron chi connectivity index (χ1n) is 26.0. The molecule has 0 bridgehead atoms. The molecule has 0 radical (unpaired) electrons. The Balaban J connectivity index is 4.47. The molecule has 61 heavy (non-hydrogen) atoms. The Morgan fingerprint density at radius 1 is 0.475 bits per heavy atom. The summed E-state index contributed by atoms with van der Waals surface area (Å²) in [6, 6.07) is -0.594. The second kappa shape index (κ2) is 42.1. The van der Waals surface area contributed by atoms with Gasteiger partial charge in [-0.05, 0) is 59.8 Å². The highest BCUT2D eigenvalue weighted by molar-refractivity contribution is 5.76. The van der Waals surface area contributed by atoms with E-state index in [1.165, 1.54) is 154 Å². The maximum absolute atomic E-state index is 12.9. The standard InChI is InChI=1S/C52H102N2O7/c1-8-10-12-14-16-18-20-22-24-26-28-30-32-34-36-39-48(55)54-47(46-60-50(57)53-43-38-41-52(5,6)61-44-42-51(3,4)58-7)45-59-49(56)40-37-35-33-31-29-27-25-23-21-19-17-15-13-11-9-2/h47H,8-46H2,1-7H3,(H,53,57)(H,54,55). The molecule has 0 fully saturated rings. The molecule has 0 aromatic carbocycles. The van der Waals surface area contributed by atoms with Crippen molar-refractivity contribution in [3.05, 3.63) is 0 Å². The minimum absolute atomic E-state index is 0.0130. The Morgan fingerprint density at radius 3 is 1.30 bits per heavy atom. The molecule has 2 amide bonds. The van der Waals surface area contributed by atoms with E-state index < -0.39 is 12.1 Å². The molecule has 362 valence electrons. The van der Waals surface area contributed by atoms with Crippen LogP contribution in [-0.4, -0.2) is 68.7 Å². The molecule has 0 rings (SSSR count). The zero-order valence-corrected chi connectivity index (χ0v) is 41.5. The highest BCUT2D eigenvalue weighted by atomic mass is 16.6. The smallest absolute Gasteiger partial charge is 0.407 e. The number of ether oxygens (including phenoxy) is 4. The molecule has 9 nitrogen and oxygen atoms in total. The van der Waals surface area contributed by atoms with Gasteiger partial charge < -0.3 is 29.6 Å². The second-order valence-corrected chi connectivity index (χ2v) is 19.3. The lowest BCUT2D eigenvalue weighted by atomic mass is 10.0. The van der Waals surface area contributed by atoms with Gasteiger partial charge in [-0.1, -0.05) is 194 Å². The number of amides is 2. The van der Waals surface area contributed by atoms with Crippen molar-refractivity contribution in [3.8, 4) is 0 Å². The van der Waals surface area contributed by atoms with Crippen molar-refractivity contribution in [1.82, 2.24) is 10.6 Å². The molecule has 1 unspecified atom stereocenters. The lowest BCUT2D eigenvalue weighted by Gasteiger charge is -2.29. The van der Waals surface area contributed by atoms with Crippen LogP contribution < -0.4 is 10.6 Å². The lowest BCUT2D eigenvalue weighted by molar-refractivity contribution is -0.145. The number of methoxy groups -OCH3 is 1. The molecule has 0 spiro atoms. The number of rotatable bonds is 46. The monoisotopic (exact) mass is 867 g/mol. The summed E-state index contributed by atoms with van der Waals surface area (Å²) in [7, 11) is 1.71. The number of carbonyl (C=O) groups is 3. The van der Waals surface area contributed by atoms with Gasteiger partial charge in [-0.2, -0.15) is 0 Å². The molecule has 9 heteroatoms. The van der Waals surface area contributed by atoms with Crippen molar-refractivity contribution in [2.24, 2.45) is 0 Å². The minimum atomic E-state index is -0.594. The number of esters is 1. The molecular formula is C52H102N2O7. The number of unbranched alkanes of at least 4 members (excludes halogenated alkanes) is 28. The largest absolute Gasteiger partial charge is 0.463 e. The summed E-state index contributed by atoms with van der Waals surface area (Å²) in [6.45, 7) is 13.7. The quantitative estimate of drug-likeness (QED) is 0.0463. The van der Waals surface area contributed by atoms with Gasteiger partial charge in [-0.3, -0.25) is 9.59 Å². The van der Waals surface area contributed by atoms with E-state index in [-0.39, 0.29) is 36.3 Å². The van der Waals surface area contributed by atoms with Crippen LogP contribution in [0, 0.1) is 0 Å². The number of hydrogen-bond acceptors (Lipinski definition) is 7. The van der Waals surface area contributed by atoms with Crippen molar-refractivity contribution in [2.75, 3.05) is 33.5 Å². The van der Waals surface area contributed by atoms with E-state index in [4.69, 9.17) is 18.9 Å². The molecule has 1 atom stereocenters. The summed E-state index contributed by atoms with van der Waals surface area (Å²) in [5.41, 5.74) is -0.553. The van der Waals surface area contributed by atoms with Gasteiger partial charge in [-0.25, -0.2) is 4.79 Å². The molecule has 0 saturated heterocycles. The average Bonchev–Trinajstić information content (AvgIpc) is 3.23. The first-order valence-corrected chi connectivity index (χ1v) is 26.0. The Morgan fingerprint density at radius 2 is 0.869 bits per heavy atom. The van der Waals surface area contributed by atoms with E-state index in [2.05, 4.69) is 38.3 Å². The number of carbonyl (C=O) groups excluding carboxylic acids is 3. The number of nitrogens with one attached hydrogen (secondary N) is 2. The van der Waals surface area contributed by atoms with Gasteiger partial charge in [-0.15, -0.1) is 0 Å². The van der Waals surface area contributed by atoms with Crippen molar-refractivity contribution in [1.29, 1.82) is 0 Å². The predicted octanol–water partition coefficient (Wildman–Crippen LogP) is 14.7. The molecule has 0 aliphatic rings. The molecule has 0 heterocycles. The average molecular weight is 867 g/mol. The molecule has 0 aromatic rings. The van der Waals surface area contributed by atoms with Crippen LogP contribution in [0.15, 0.2) is 0 Å². The van der Waals surface area contributed by atoms with Crippen molar-refractivity contribution < 1.29 is 33.3 Å². The zero-order chi connectivity index (χ0) is 45.1. The third-order valence-corrected chi connectivity index (χ3v) is 12.2. The molecule has 0 aromatic heterocycles. The molecule has 0 aliphatic heterocycles. The topological polar surface area (TPSA) is 112 Å². The Bertz CT molecular complexity index is 1000. The molecule has 0 aliphatic carbocycles. The van der Waals surface area contributed by atoms with Crippen LogP contribution in [0.2, 0.25) is 0 Å². The number of alkyl carbamates (subject to hydrolysis) is 1. The van der Waals surface area contributed by atoms with E-state index >= 15 is 0 Å². The van der Waals surface area contributed by atoms with Gasteiger partial charge in [0, 0.05) is 26.5 Å². The van der Waals surface area contributed by atoms with E-state index in [1.54, 1.807) is 7.11 Å². The Hall–Kier alpha value is -1.87. The van der Waals surface area contributed by atoms with E-state index in [0.717, 1.165) is 57.8 Å². The van der Waals surface area contributed by atoms with Crippen LogP contribution in [0.1, 0.15) is 266 Å². The van der Waals surface area contributed by atoms with E-state index in [0.29, 0.717) is 26.0 Å². The lowest BCUT2D eigenvalue weighted by Crippen LogP contribution is -2.43. The maximum Gasteiger partial charge on any atom is 0.407 e. The van der Waals surface area contributed by atoms with Gasteiger partial charge >= 0.3 is 12.1 Å². The number of hydrogen-bond donors (Lipinski definition) is 2. The predicted molar refractivity (Wildman–Crippen MR) is 256 cm³/mol. The fraction of sp³-hybridized carbons (Fsp3) is 0.942. The maximum atomic E-state index is 12.9. The molecule has 2 N–H and O–H groups in total. The summed E-state index contributed by atoms with van der Waals surface area (Å²) >= 11 is 0. The first kappa shape index (κ1) is 59.1. The minimum Gasteiger partial charge on any atom is -0.463 e. The highest BCUT2D eigenvalue weighted by Gasteiger charge is 2.22. The van der Waals surface area contributed by atoms with Crippen LogP contribution in [0.5, 0.6) is 0 Å². The summed E-state index contributed by atoms with van der Waals surface area (Å²) in [4.78, 5) is 38.2. The van der Waals surface area contributed by atoms with Crippen molar-refractivity contribution in [3.63, 3.8) is 0 Å². The van der Waals surface area contributed by atoms with Crippen LogP contribution in [0.3, 0.4) is 0 Å². The van der Waals surface area contributed by atoms with Gasteiger partial charge in [0.25, 0.3) is 0 Å². The summed E-state index contributed by atoms with van der Waals surface area (Å²) < 4.78 is 22.7. The SMILES string of the molecule is CCCCCCCCCCCCCCCCCC(=O)NC(COC(=O)CCCCCCCCCCCCCCCCC)COC(=O)NCCCC(C)(C)OCCC(C)(C)OC.